The molecule has 0 amide bonds. The van der Waals surface area contributed by atoms with Crippen LogP contribution < -0.4 is 10.5 Å². The fourth-order valence-electron chi connectivity index (χ4n) is 4.79. The Kier molecular flexibility index (Phi) is 7.88. The van der Waals surface area contributed by atoms with Crippen molar-refractivity contribution in [3.05, 3.63) is 35.1 Å². The van der Waals surface area contributed by atoms with Gasteiger partial charge in [0, 0.05) is 36.1 Å². The van der Waals surface area contributed by atoms with Crippen molar-refractivity contribution in [2.45, 2.75) is 75.7 Å². The molecule has 0 spiro atoms. The number of piperidine rings is 1. The Morgan fingerprint density at radius 2 is 1.72 bits per heavy atom. The van der Waals surface area contributed by atoms with Gasteiger partial charge in [0.15, 0.2) is 11.6 Å². The van der Waals surface area contributed by atoms with Gasteiger partial charge in [0.2, 0.25) is 10.0 Å². The second kappa shape index (κ2) is 9.79. The zero-order chi connectivity index (χ0) is 23.8. The van der Waals surface area contributed by atoms with Crippen molar-refractivity contribution in [2.75, 3.05) is 12.3 Å². The van der Waals surface area contributed by atoms with Crippen LogP contribution in [0.15, 0.2) is 12.1 Å². The first-order valence-corrected chi connectivity index (χ1v) is 13.6. The van der Waals surface area contributed by atoms with Crippen LogP contribution in [0.25, 0.3) is 0 Å². The monoisotopic (exact) mass is 495 g/mol. The SMILES string of the molecule is CC(C)(C)[S@+]([O-])N[C@H](Cc1cc(F)c(F)cc1F)[C@@H]1C[C@H]2CC[C@@H](C1)N2S(=O)(=O)CCN. The van der Waals surface area contributed by atoms with E-state index in [1.54, 1.807) is 25.1 Å². The van der Waals surface area contributed by atoms with Crippen molar-refractivity contribution in [3.8, 4) is 0 Å². The van der Waals surface area contributed by atoms with Gasteiger partial charge < -0.3 is 10.3 Å². The standard InChI is InChI=1S/C21H32F3N3O3S2/c1-21(2,3)31(28)26-20(11-13-10-18(23)19(24)12-17(13)22)14-8-15-4-5-16(9-14)27(15)32(29,30)7-6-25/h10,12,14-16,20,26H,4-9,11,25H2,1-3H3/t14-,15-,16+,20-,31+/m1/s1. The lowest BCUT2D eigenvalue weighted by atomic mass is 9.83. The summed E-state index contributed by atoms with van der Waals surface area (Å²) in [6.45, 7) is 5.46. The van der Waals surface area contributed by atoms with Crippen LogP contribution in [-0.4, -0.2) is 52.4 Å². The topological polar surface area (TPSA) is 98.5 Å². The first kappa shape index (κ1) is 25.8. The summed E-state index contributed by atoms with van der Waals surface area (Å²) in [7, 11) is -3.46. The largest absolute Gasteiger partial charge is 0.598 e. The van der Waals surface area contributed by atoms with Crippen molar-refractivity contribution < 1.29 is 26.1 Å². The van der Waals surface area contributed by atoms with Gasteiger partial charge in [-0.2, -0.15) is 4.31 Å². The van der Waals surface area contributed by atoms with Crippen LogP contribution in [0.5, 0.6) is 0 Å². The number of nitrogens with zero attached hydrogens (tertiary/aromatic N) is 1. The van der Waals surface area contributed by atoms with E-state index in [9.17, 15) is 26.1 Å². The van der Waals surface area contributed by atoms with Crippen molar-refractivity contribution in [1.29, 1.82) is 0 Å². The smallest absolute Gasteiger partial charge is 0.215 e. The van der Waals surface area contributed by atoms with Gasteiger partial charge in [-0.1, -0.05) is 0 Å². The third-order valence-electron chi connectivity index (χ3n) is 6.31. The molecule has 0 saturated carbocycles. The zero-order valence-corrected chi connectivity index (χ0v) is 20.2. The molecule has 182 valence electrons. The molecule has 0 radical (unpaired) electrons. The van der Waals surface area contributed by atoms with E-state index in [1.165, 1.54) is 0 Å². The van der Waals surface area contributed by atoms with Crippen molar-refractivity contribution in [1.82, 2.24) is 9.03 Å². The summed E-state index contributed by atoms with van der Waals surface area (Å²) in [4.78, 5) is 0. The van der Waals surface area contributed by atoms with E-state index in [4.69, 9.17) is 5.73 Å². The number of halogens is 3. The predicted octanol–water partition coefficient (Wildman–Crippen LogP) is 2.60. The molecule has 1 aromatic rings. The van der Waals surface area contributed by atoms with E-state index in [0.29, 0.717) is 18.9 Å². The third kappa shape index (κ3) is 5.61. The minimum atomic E-state index is -3.46. The second-order valence-electron chi connectivity index (χ2n) is 9.72. The molecule has 1 aromatic carbocycles. The summed E-state index contributed by atoms with van der Waals surface area (Å²) in [5.41, 5.74) is 5.48. The molecule has 2 bridgehead atoms. The third-order valence-corrected chi connectivity index (χ3v) is 9.93. The van der Waals surface area contributed by atoms with E-state index in [2.05, 4.69) is 4.72 Å². The lowest BCUT2D eigenvalue weighted by molar-refractivity contribution is 0.165. The van der Waals surface area contributed by atoms with Crippen LogP contribution in [-0.2, 0) is 27.8 Å². The average Bonchev–Trinajstić information content (AvgIpc) is 2.96. The fraction of sp³-hybridized carbons (Fsp3) is 0.714. The Bertz CT molecular complexity index is 913. The number of nitrogens with two attached hydrogens (primary N) is 1. The number of benzene rings is 1. The van der Waals surface area contributed by atoms with Gasteiger partial charge in [0.25, 0.3) is 0 Å². The molecule has 2 fully saturated rings. The summed E-state index contributed by atoms with van der Waals surface area (Å²) < 4.78 is 83.9. The molecule has 3 rings (SSSR count). The maximum Gasteiger partial charge on any atom is 0.215 e. The van der Waals surface area contributed by atoms with Crippen LogP contribution >= 0.6 is 0 Å². The molecule has 2 heterocycles. The molecule has 0 aliphatic carbocycles. The normalized spacial score (nSPS) is 26.3. The Hall–Kier alpha value is -0.850. The number of fused-ring (bicyclic) bond motifs is 2. The molecule has 5 atom stereocenters. The van der Waals surface area contributed by atoms with Gasteiger partial charge in [0.1, 0.15) is 10.6 Å². The first-order chi connectivity index (χ1) is 14.8. The Balaban J connectivity index is 1.86. The van der Waals surface area contributed by atoms with Crippen LogP contribution in [0.2, 0.25) is 0 Å². The molecule has 3 N–H and O–H groups in total. The van der Waals surface area contributed by atoms with Gasteiger partial charge in [-0.15, -0.1) is 4.72 Å². The van der Waals surface area contributed by atoms with Gasteiger partial charge in [0.05, 0.1) is 11.8 Å². The lowest BCUT2D eigenvalue weighted by Crippen LogP contribution is -2.54. The van der Waals surface area contributed by atoms with Gasteiger partial charge in [-0.05, 0) is 70.4 Å². The summed E-state index contributed by atoms with van der Waals surface area (Å²) in [6.07, 6.45) is 2.50. The number of rotatable bonds is 8. The van der Waals surface area contributed by atoms with Crippen LogP contribution in [0, 0.1) is 23.4 Å². The van der Waals surface area contributed by atoms with Gasteiger partial charge in [-0.3, -0.25) is 0 Å². The highest BCUT2D eigenvalue weighted by atomic mass is 32.2. The van der Waals surface area contributed by atoms with Crippen molar-refractivity contribution >= 4 is 21.4 Å². The molecular weight excluding hydrogens is 463 g/mol. The number of nitrogens with one attached hydrogen (secondary N) is 1. The molecule has 0 unspecified atom stereocenters. The quantitative estimate of drug-likeness (QED) is 0.427. The second-order valence-corrected chi connectivity index (χ2v) is 13.7. The predicted molar refractivity (Wildman–Crippen MR) is 119 cm³/mol. The summed E-state index contributed by atoms with van der Waals surface area (Å²) >= 11 is -1.48. The highest BCUT2D eigenvalue weighted by Crippen LogP contribution is 2.42. The highest BCUT2D eigenvalue weighted by Gasteiger charge is 2.48. The number of sulfonamides is 1. The fourth-order valence-corrected chi connectivity index (χ4v) is 7.49. The van der Waals surface area contributed by atoms with Crippen molar-refractivity contribution in [2.24, 2.45) is 11.7 Å². The Morgan fingerprint density at radius 1 is 1.16 bits per heavy atom. The maximum absolute atomic E-state index is 14.4. The average molecular weight is 496 g/mol. The summed E-state index contributed by atoms with van der Waals surface area (Å²) in [5.74, 6) is -3.47. The first-order valence-electron chi connectivity index (χ1n) is 10.9. The highest BCUT2D eigenvalue weighted by molar-refractivity contribution is 7.90. The van der Waals surface area contributed by atoms with E-state index in [-0.39, 0.29) is 42.3 Å². The number of hydrogen-bond donors (Lipinski definition) is 2. The Labute approximate surface area is 191 Å². The summed E-state index contributed by atoms with van der Waals surface area (Å²) in [5, 5.41) is 0. The van der Waals surface area contributed by atoms with Gasteiger partial charge in [-0.25, -0.2) is 21.6 Å². The van der Waals surface area contributed by atoms with Crippen LogP contribution in [0.4, 0.5) is 13.2 Å². The molecule has 0 aromatic heterocycles. The lowest BCUT2D eigenvalue weighted by Gasteiger charge is -2.41. The Morgan fingerprint density at radius 3 is 2.25 bits per heavy atom. The van der Waals surface area contributed by atoms with E-state index >= 15 is 0 Å². The van der Waals surface area contributed by atoms with Gasteiger partial charge >= 0.3 is 0 Å². The minimum Gasteiger partial charge on any atom is -0.598 e. The van der Waals surface area contributed by atoms with E-state index in [0.717, 1.165) is 18.9 Å². The molecular formula is C21H32F3N3O3S2. The number of hydrogen-bond acceptors (Lipinski definition) is 5. The van der Waals surface area contributed by atoms with Crippen LogP contribution in [0.3, 0.4) is 0 Å². The van der Waals surface area contributed by atoms with E-state index < -0.39 is 49.6 Å². The molecule has 11 heteroatoms. The van der Waals surface area contributed by atoms with Crippen molar-refractivity contribution in [3.63, 3.8) is 0 Å². The zero-order valence-electron chi connectivity index (χ0n) is 18.6. The molecule has 2 aliphatic heterocycles. The summed E-state index contributed by atoms with van der Waals surface area (Å²) in [6, 6.07) is 0.481. The minimum absolute atomic E-state index is 0.00200. The molecule has 2 saturated heterocycles. The molecule has 6 nitrogen and oxygen atoms in total. The van der Waals surface area contributed by atoms with E-state index in [1.807, 2.05) is 0 Å². The molecule has 2 aliphatic rings. The van der Waals surface area contributed by atoms with Crippen LogP contribution in [0.1, 0.15) is 52.0 Å². The maximum atomic E-state index is 14.4. The molecule has 32 heavy (non-hydrogen) atoms.